The third-order valence-electron chi connectivity index (χ3n) is 7.35. The minimum atomic E-state index is -4.33. The molecule has 0 aliphatic carbocycles. The summed E-state index contributed by atoms with van der Waals surface area (Å²) < 4.78 is 39.8. The van der Waals surface area contributed by atoms with Crippen molar-refractivity contribution in [1.82, 2.24) is 24.2 Å². The quantitative estimate of drug-likeness (QED) is 0.270. The van der Waals surface area contributed by atoms with Crippen LogP contribution in [0.1, 0.15) is 39.9 Å². The molecule has 1 fully saturated rings. The lowest BCUT2D eigenvalue weighted by Crippen LogP contribution is -2.35. The first-order valence-corrected chi connectivity index (χ1v) is 15.3. The number of aromatic nitrogens is 3. The Hall–Kier alpha value is -4.33. The van der Waals surface area contributed by atoms with E-state index in [1.807, 2.05) is 42.7 Å². The van der Waals surface area contributed by atoms with Crippen molar-refractivity contribution < 1.29 is 32.6 Å². The summed E-state index contributed by atoms with van der Waals surface area (Å²) in [6, 6.07) is 14.0. The van der Waals surface area contributed by atoms with Crippen molar-refractivity contribution in [3.05, 3.63) is 76.7 Å². The number of benzene rings is 2. The van der Waals surface area contributed by atoms with Gasteiger partial charge in [-0.15, -0.1) is 0 Å². The van der Waals surface area contributed by atoms with Crippen molar-refractivity contribution in [3.63, 3.8) is 0 Å². The van der Waals surface area contributed by atoms with Crippen molar-refractivity contribution in [1.29, 1.82) is 0 Å². The molecular formula is C30H33N5O7S. The fourth-order valence-corrected chi connectivity index (χ4v) is 6.28. The summed E-state index contributed by atoms with van der Waals surface area (Å²) in [5, 5.41) is 9.15. The number of pyridine rings is 1. The molecule has 0 spiro atoms. The number of imidazole rings is 1. The third kappa shape index (κ3) is 6.53. The molecule has 13 heteroatoms. The molecule has 4 aromatic rings. The summed E-state index contributed by atoms with van der Waals surface area (Å²) in [5.74, 6) is 0.278. The van der Waals surface area contributed by atoms with Gasteiger partial charge in [-0.1, -0.05) is 37.3 Å². The molecule has 2 N–H and O–H groups in total. The minimum Gasteiger partial charge on any atom is -0.464 e. The van der Waals surface area contributed by atoms with Crippen molar-refractivity contribution in [3.8, 4) is 11.1 Å². The van der Waals surface area contributed by atoms with Crippen LogP contribution in [0.15, 0.2) is 53.4 Å². The number of nitrogens with zero attached hydrogens (tertiary/aromatic N) is 4. The molecule has 5 rings (SSSR count). The van der Waals surface area contributed by atoms with Crippen LogP contribution in [0, 0.1) is 6.92 Å². The number of methoxy groups -OCH3 is 1. The van der Waals surface area contributed by atoms with Crippen LogP contribution < -0.4 is 4.72 Å². The van der Waals surface area contributed by atoms with E-state index in [2.05, 4.69) is 9.88 Å². The fourth-order valence-electron chi connectivity index (χ4n) is 5.23. The second-order valence-electron chi connectivity index (χ2n) is 10.3. The number of ether oxygens (including phenoxy) is 2. The van der Waals surface area contributed by atoms with Gasteiger partial charge in [0.25, 0.3) is 10.0 Å². The predicted molar refractivity (Wildman–Crippen MR) is 158 cm³/mol. The van der Waals surface area contributed by atoms with Crippen molar-refractivity contribution in [2.24, 2.45) is 0 Å². The number of carbonyl (C=O) groups is 2. The molecule has 226 valence electrons. The Kier molecular flexibility index (Phi) is 8.76. The highest BCUT2D eigenvalue weighted by Crippen LogP contribution is 2.30. The summed E-state index contributed by atoms with van der Waals surface area (Å²) in [5.41, 5.74) is 5.11. The van der Waals surface area contributed by atoms with Crippen LogP contribution >= 0.6 is 0 Å². The maximum Gasteiger partial charge on any atom is 0.418 e. The predicted octanol–water partition coefficient (Wildman–Crippen LogP) is 3.59. The first-order valence-electron chi connectivity index (χ1n) is 13.8. The van der Waals surface area contributed by atoms with Crippen LogP contribution in [0.5, 0.6) is 0 Å². The SMILES string of the molecule is CCc1nc2c(C)cc(C(=O)OC)nc2n1Cc1ccc(-c2cc(CN3CCOCC3)ccc2S(=O)(=O)NC(=O)O)cc1. The Morgan fingerprint density at radius 1 is 1.02 bits per heavy atom. The maximum atomic E-state index is 13.0. The Labute approximate surface area is 249 Å². The molecule has 2 aromatic heterocycles. The van der Waals surface area contributed by atoms with Gasteiger partial charge >= 0.3 is 12.1 Å². The number of carboxylic acid groups (broad SMARTS) is 1. The Morgan fingerprint density at radius 2 is 1.72 bits per heavy atom. The first-order chi connectivity index (χ1) is 20.6. The third-order valence-corrected chi connectivity index (χ3v) is 8.73. The number of nitrogens with one attached hydrogen (secondary N) is 1. The van der Waals surface area contributed by atoms with Gasteiger partial charge in [-0.05, 0) is 47.4 Å². The second kappa shape index (κ2) is 12.5. The largest absolute Gasteiger partial charge is 0.464 e. The van der Waals surface area contributed by atoms with Gasteiger partial charge < -0.3 is 19.1 Å². The van der Waals surface area contributed by atoms with E-state index in [1.165, 1.54) is 13.2 Å². The minimum absolute atomic E-state index is 0.128. The van der Waals surface area contributed by atoms with Crippen LogP contribution in [-0.2, 0) is 39.0 Å². The monoisotopic (exact) mass is 607 g/mol. The normalized spacial score (nSPS) is 14.1. The molecule has 0 unspecified atom stereocenters. The van der Waals surface area contributed by atoms with E-state index in [4.69, 9.17) is 19.6 Å². The standard InChI is InChI=1S/C30H33N5O7S/c1-4-26-32-27-19(2)15-24(29(36)41-3)31-28(27)35(26)18-20-5-8-22(9-6-20)23-16-21(17-34-11-13-42-14-12-34)7-10-25(23)43(39,40)33-30(37)38/h5-10,15-16,33H,4,11-14,17-18H2,1-3H3,(H,37,38). The average molecular weight is 608 g/mol. The van der Waals surface area contributed by atoms with Gasteiger partial charge in [-0.2, -0.15) is 0 Å². The number of fused-ring (bicyclic) bond motifs is 1. The van der Waals surface area contributed by atoms with Gasteiger partial charge in [0, 0.05) is 31.6 Å². The van der Waals surface area contributed by atoms with E-state index in [1.54, 1.807) is 22.9 Å². The van der Waals surface area contributed by atoms with Gasteiger partial charge in [0.05, 0.1) is 31.8 Å². The molecule has 1 saturated heterocycles. The van der Waals surface area contributed by atoms with Crippen LogP contribution in [0.2, 0.25) is 0 Å². The Bertz CT molecular complexity index is 1780. The molecule has 0 bridgehead atoms. The lowest BCUT2D eigenvalue weighted by Gasteiger charge is -2.27. The molecule has 1 aliphatic heterocycles. The summed E-state index contributed by atoms with van der Waals surface area (Å²) in [6.45, 7) is 7.69. The zero-order chi connectivity index (χ0) is 30.7. The molecule has 0 atom stereocenters. The van der Waals surface area contributed by atoms with Crippen molar-refractivity contribution >= 4 is 33.2 Å². The maximum absolute atomic E-state index is 13.0. The van der Waals surface area contributed by atoms with Gasteiger partial charge in [0.1, 0.15) is 11.3 Å². The van der Waals surface area contributed by atoms with E-state index in [9.17, 15) is 18.0 Å². The zero-order valence-corrected chi connectivity index (χ0v) is 25.0. The van der Waals surface area contributed by atoms with Crippen LogP contribution in [0.4, 0.5) is 4.79 Å². The number of amides is 1. The first kappa shape index (κ1) is 30.1. The lowest BCUT2D eigenvalue weighted by atomic mass is 10.0. The van der Waals surface area contributed by atoms with Crippen LogP contribution in [0.3, 0.4) is 0 Å². The topological polar surface area (TPSA) is 153 Å². The highest BCUT2D eigenvalue weighted by atomic mass is 32.2. The van der Waals surface area contributed by atoms with E-state index >= 15 is 0 Å². The highest BCUT2D eigenvalue weighted by Gasteiger charge is 2.23. The molecule has 1 amide bonds. The summed E-state index contributed by atoms with van der Waals surface area (Å²) in [6.07, 6.45) is -1.01. The van der Waals surface area contributed by atoms with E-state index in [0.29, 0.717) is 55.0 Å². The van der Waals surface area contributed by atoms with Crippen LogP contribution in [-0.4, -0.2) is 78.4 Å². The summed E-state index contributed by atoms with van der Waals surface area (Å²) in [4.78, 5) is 34.9. The van der Waals surface area contributed by atoms with Gasteiger partial charge in [0.2, 0.25) is 0 Å². The number of esters is 1. The Morgan fingerprint density at radius 3 is 2.37 bits per heavy atom. The smallest absolute Gasteiger partial charge is 0.418 e. The number of hydrogen-bond donors (Lipinski definition) is 2. The second-order valence-corrected chi connectivity index (χ2v) is 11.9. The number of carbonyl (C=O) groups excluding carboxylic acids is 1. The van der Waals surface area contributed by atoms with E-state index in [-0.39, 0.29) is 10.6 Å². The Balaban J connectivity index is 1.51. The number of sulfonamides is 1. The number of aryl methyl sites for hydroxylation is 2. The number of rotatable bonds is 9. The average Bonchev–Trinajstić information content (AvgIpc) is 3.34. The van der Waals surface area contributed by atoms with Gasteiger partial charge in [-0.25, -0.2) is 32.7 Å². The number of morpholine rings is 1. The lowest BCUT2D eigenvalue weighted by molar-refractivity contribution is 0.0342. The summed E-state index contributed by atoms with van der Waals surface area (Å²) in [7, 11) is -3.02. The van der Waals surface area contributed by atoms with Crippen molar-refractivity contribution in [2.45, 2.75) is 38.3 Å². The van der Waals surface area contributed by atoms with Crippen LogP contribution in [0.25, 0.3) is 22.3 Å². The molecule has 43 heavy (non-hydrogen) atoms. The highest BCUT2D eigenvalue weighted by molar-refractivity contribution is 7.90. The van der Waals surface area contributed by atoms with E-state index < -0.39 is 22.1 Å². The van der Waals surface area contributed by atoms with E-state index in [0.717, 1.165) is 35.6 Å². The molecule has 1 aliphatic rings. The summed E-state index contributed by atoms with van der Waals surface area (Å²) >= 11 is 0. The number of hydrogen-bond acceptors (Lipinski definition) is 9. The fraction of sp³-hybridized carbons (Fsp3) is 0.333. The molecule has 12 nitrogen and oxygen atoms in total. The zero-order valence-electron chi connectivity index (χ0n) is 24.2. The molecule has 0 radical (unpaired) electrons. The van der Waals surface area contributed by atoms with Crippen molar-refractivity contribution in [2.75, 3.05) is 33.4 Å². The molecular weight excluding hydrogens is 574 g/mol. The van der Waals surface area contributed by atoms with Gasteiger partial charge in [-0.3, -0.25) is 4.90 Å². The molecule has 2 aromatic carbocycles. The molecule has 0 saturated carbocycles. The molecule has 3 heterocycles. The van der Waals surface area contributed by atoms with Gasteiger partial charge in [0.15, 0.2) is 11.3 Å².